The van der Waals surface area contributed by atoms with E-state index in [1.54, 1.807) is 12.4 Å². The van der Waals surface area contributed by atoms with E-state index in [0.29, 0.717) is 0 Å². The van der Waals surface area contributed by atoms with Crippen molar-refractivity contribution in [3.05, 3.63) is 23.8 Å². The van der Waals surface area contributed by atoms with Crippen molar-refractivity contribution in [2.45, 2.75) is 88.7 Å². The predicted octanol–water partition coefficient (Wildman–Crippen LogP) is 4.82. The van der Waals surface area contributed by atoms with Crippen molar-refractivity contribution in [2.24, 2.45) is 0 Å². The Kier molecular flexibility index (Phi) is 6.29. The molecule has 1 aliphatic heterocycles. The lowest BCUT2D eigenvalue weighted by molar-refractivity contribution is 0.0193. The molecule has 0 radical (unpaired) electrons. The van der Waals surface area contributed by atoms with Gasteiger partial charge in [-0.1, -0.05) is 47.5 Å². The summed E-state index contributed by atoms with van der Waals surface area (Å²) in [7, 11) is 0. The highest BCUT2D eigenvalue weighted by Gasteiger charge is 2.41. The zero-order valence-corrected chi connectivity index (χ0v) is 16.4. The molecular weight excluding hydrogens is 320 g/mol. The first-order valence-electron chi connectivity index (χ1n) is 8.93. The minimum Gasteiger partial charge on any atom is -0.456 e. The SMILES string of the molecule is CCCCCc1cnc(C(=O)OC2CC(C)(C)SC(C)(C)C2)nc1. The lowest BCUT2D eigenvalue weighted by Crippen LogP contribution is -2.41. The standard InChI is InChI=1S/C19H30N2O2S/c1-6-7-8-9-14-12-20-16(21-13-14)17(22)23-15-10-18(2,3)24-19(4,5)11-15/h12-13,15H,6-11H2,1-5H3. The maximum atomic E-state index is 12.4. The molecule has 4 nitrogen and oxygen atoms in total. The van der Waals surface area contributed by atoms with Gasteiger partial charge >= 0.3 is 5.97 Å². The van der Waals surface area contributed by atoms with E-state index in [9.17, 15) is 4.79 Å². The molecule has 1 aromatic heterocycles. The number of hydrogen-bond donors (Lipinski definition) is 0. The van der Waals surface area contributed by atoms with Crippen molar-refractivity contribution in [3.63, 3.8) is 0 Å². The Morgan fingerprint density at radius 1 is 1.17 bits per heavy atom. The van der Waals surface area contributed by atoms with Gasteiger partial charge in [0.25, 0.3) is 0 Å². The molecule has 1 saturated heterocycles. The summed E-state index contributed by atoms with van der Waals surface area (Å²) in [5.41, 5.74) is 1.08. The Balaban J connectivity index is 1.94. The molecule has 2 heterocycles. The van der Waals surface area contributed by atoms with Crippen molar-refractivity contribution in [1.29, 1.82) is 0 Å². The van der Waals surface area contributed by atoms with Gasteiger partial charge < -0.3 is 4.74 Å². The normalized spacial score (nSPS) is 19.9. The zero-order valence-electron chi connectivity index (χ0n) is 15.6. The van der Waals surface area contributed by atoms with Gasteiger partial charge in [-0.25, -0.2) is 14.8 Å². The molecule has 1 aromatic rings. The number of aryl methyl sites for hydroxylation is 1. The topological polar surface area (TPSA) is 52.1 Å². The molecule has 0 unspecified atom stereocenters. The third-order valence-electron chi connectivity index (χ3n) is 4.22. The van der Waals surface area contributed by atoms with Crippen LogP contribution in [0.15, 0.2) is 12.4 Å². The van der Waals surface area contributed by atoms with Crippen LogP contribution in [0.4, 0.5) is 0 Å². The molecule has 0 bridgehead atoms. The highest BCUT2D eigenvalue weighted by atomic mass is 32.2. The number of rotatable bonds is 6. The molecule has 0 spiro atoms. The Labute approximate surface area is 150 Å². The average molecular weight is 351 g/mol. The molecule has 134 valence electrons. The summed E-state index contributed by atoms with van der Waals surface area (Å²) in [5.74, 6) is -0.235. The number of esters is 1. The van der Waals surface area contributed by atoms with Crippen molar-refractivity contribution < 1.29 is 9.53 Å². The van der Waals surface area contributed by atoms with Crippen molar-refractivity contribution >= 4 is 17.7 Å². The summed E-state index contributed by atoms with van der Waals surface area (Å²) in [5, 5.41) is 0. The molecule has 5 heteroatoms. The van der Waals surface area contributed by atoms with Crippen LogP contribution in [0.2, 0.25) is 0 Å². The number of carbonyl (C=O) groups excluding carboxylic acids is 1. The van der Waals surface area contributed by atoms with Gasteiger partial charge in [0.05, 0.1) is 0 Å². The predicted molar refractivity (Wildman–Crippen MR) is 99.4 cm³/mol. The van der Waals surface area contributed by atoms with Gasteiger partial charge in [-0.05, 0) is 31.2 Å². The smallest absolute Gasteiger partial charge is 0.376 e. The third-order valence-corrected chi connectivity index (χ3v) is 5.66. The van der Waals surface area contributed by atoms with Crippen LogP contribution in [0.1, 0.15) is 82.9 Å². The van der Waals surface area contributed by atoms with Gasteiger partial charge in [0, 0.05) is 21.9 Å². The average Bonchev–Trinajstić information content (AvgIpc) is 2.44. The number of aromatic nitrogens is 2. The first-order valence-corrected chi connectivity index (χ1v) is 9.74. The summed E-state index contributed by atoms with van der Waals surface area (Å²) in [6.45, 7) is 11.0. The van der Waals surface area contributed by atoms with Crippen LogP contribution < -0.4 is 0 Å². The number of carbonyl (C=O) groups is 1. The van der Waals surface area contributed by atoms with Crippen LogP contribution >= 0.6 is 11.8 Å². The molecule has 0 aromatic carbocycles. The van der Waals surface area contributed by atoms with E-state index < -0.39 is 5.97 Å². The van der Waals surface area contributed by atoms with Gasteiger partial charge in [-0.15, -0.1) is 11.8 Å². The van der Waals surface area contributed by atoms with Crippen LogP contribution in [0.5, 0.6) is 0 Å². The number of unbranched alkanes of at least 4 members (excludes halogenated alkanes) is 2. The molecule has 1 fully saturated rings. The van der Waals surface area contributed by atoms with Gasteiger partial charge in [0.15, 0.2) is 0 Å². The molecule has 0 atom stereocenters. The fraction of sp³-hybridized carbons (Fsp3) is 0.737. The van der Waals surface area contributed by atoms with Crippen LogP contribution in [0.3, 0.4) is 0 Å². The van der Waals surface area contributed by atoms with E-state index in [0.717, 1.165) is 31.2 Å². The molecule has 0 N–H and O–H groups in total. The number of nitrogens with zero attached hydrogens (tertiary/aromatic N) is 2. The monoisotopic (exact) mass is 350 g/mol. The van der Waals surface area contributed by atoms with E-state index in [-0.39, 0.29) is 21.4 Å². The van der Waals surface area contributed by atoms with Gasteiger partial charge in [-0.3, -0.25) is 0 Å². The quantitative estimate of drug-likeness (QED) is 0.544. The zero-order chi connectivity index (χ0) is 17.8. The minimum atomic E-state index is -0.404. The Bertz CT molecular complexity index is 539. The van der Waals surface area contributed by atoms with Crippen molar-refractivity contribution in [1.82, 2.24) is 9.97 Å². The molecule has 0 saturated carbocycles. The van der Waals surface area contributed by atoms with E-state index in [1.807, 2.05) is 11.8 Å². The van der Waals surface area contributed by atoms with E-state index in [4.69, 9.17) is 4.74 Å². The second kappa shape index (κ2) is 7.85. The molecular formula is C19H30N2O2S. The van der Waals surface area contributed by atoms with Gasteiger partial charge in [0.2, 0.25) is 5.82 Å². The molecule has 24 heavy (non-hydrogen) atoms. The highest BCUT2D eigenvalue weighted by molar-refractivity contribution is 8.01. The number of thioether (sulfide) groups is 1. The summed E-state index contributed by atoms with van der Waals surface area (Å²) in [6, 6.07) is 0. The Morgan fingerprint density at radius 2 is 1.75 bits per heavy atom. The summed E-state index contributed by atoms with van der Waals surface area (Å²) in [4.78, 5) is 20.8. The Morgan fingerprint density at radius 3 is 2.29 bits per heavy atom. The number of ether oxygens (including phenoxy) is 1. The number of hydrogen-bond acceptors (Lipinski definition) is 5. The fourth-order valence-electron chi connectivity index (χ4n) is 3.46. The molecule has 0 amide bonds. The summed E-state index contributed by atoms with van der Waals surface area (Å²) in [6.07, 6.45) is 9.65. The van der Waals surface area contributed by atoms with Crippen molar-refractivity contribution in [2.75, 3.05) is 0 Å². The maximum Gasteiger partial charge on any atom is 0.376 e. The lowest BCUT2D eigenvalue weighted by atomic mass is 9.95. The fourth-order valence-corrected chi connectivity index (χ4v) is 5.49. The Hall–Kier alpha value is -1.10. The van der Waals surface area contributed by atoms with Crippen LogP contribution in [0, 0.1) is 0 Å². The van der Waals surface area contributed by atoms with Crippen LogP contribution in [-0.2, 0) is 11.2 Å². The van der Waals surface area contributed by atoms with Crippen molar-refractivity contribution in [3.8, 4) is 0 Å². The maximum absolute atomic E-state index is 12.4. The molecule has 1 aliphatic rings. The van der Waals surface area contributed by atoms with Gasteiger partial charge in [0.1, 0.15) is 6.10 Å². The van der Waals surface area contributed by atoms with E-state index in [2.05, 4.69) is 44.6 Å². The second-order valence-electron chi connectivity index (χ2n) is 7.93. The summed E-state index contributed by atoms with van der Waals surface area (Å²) < 4.78 is 5.93. The molecule has 2 rings (SSSR count). The lowest BCUT2D eigenvalue weighted by Gasteiger charge is -2.43. The third kappa shape index (κ3) is 5.76. The van der Waals surface area contributed by atoms with Crippen LogP contribution in [0.25, 0.3) is 0 Å². The first-order chi connectivity index (χ1) is 11.2. The van der Waals surface area contributed by atoms with Crippen LogP contribution in [-0.4, -0.2) is 31.5 Å². The van der Waals surface area contributed by atoms with E-state index in [1.165, 1.54) is 12.8 Å². The van der Waals surface area contributed by atoms with E-state index >= 15 is 0 Å². The highest BCUT2D eigenvalue weighted by Crippen LogP contribution is 2.47. The minimum absolute atomic E-state index is 0.0726. The summed E-state index contributed by atoms with van der Waals surface area (Å²) >= 11 is 1.96. The first kappa shape index (κ1) is 19.2. The molecule has 0 aliphatic carbocycles. The second-order valence-corrected chi connectivity index (χ2v) is 10.3. The van der Waals surface area contributed by atoms with Gasteiger partial charge in [-0.2, -0.15) is 0 Å². The largest absolute Gasteiger partial charge is 0.456 e.